The topological polar surface area (TPSA) is 49.3 Å². The molecule has 22 heavy (non-hydrogen) atoms. The molecule has 2 rings (SSSR count). The van der Waals surface area contributed by atoms with E-state index in [1.165, 1.54) is 31.2 Å². The van der Waals surface area contributed by atoms with E-state index in [1.54, 1.807) is 0 Å². The third-order valence-corrected chi connectivity index (χ3v) is 4.64. The van der Waals surface area contributed by atoms with Gasteiger partial charge >= 0.3 is 0 Å². The highest BCUT2D eigenvalue weighted by Crippen LogP contribution is 2.42. The zero-order chi connectivity index (χ0) is 15.1. The van der Waals surface area contributed by atoms with E-state index in [0.717, 1.165) is 24.7 Å². The number of aromatic nitrogens is 1. The number of hydrogen-bond acceptors (Lipinski definition) is 2. The second-order valence-corrected chi connectivity index (χ2v) is 6.02. The average molecular weight is 416 g/mol. The zero-order valence-corrected chi connectivity index (χ0v) is 16.3. The van der Waals surface area contributed by atoms with Crippen LogP contribution in [-0.4, -0.2) is 24.0 Å². The van der Waals surface area contributed by atoms with Gasteiger partial charge in [-0.2, -0.15) is 0 Å². The van der Waals surface area contributed by atoms with Gasteiger partial charge in [0.15, 0.2) is 5.96 Å². The predicted molar refractivity (Wildman–Crippen MR) is 104 cm³/mol. The summed E-state index contributed by atoms with van der Waals surface area (Å²) >= 11 is 0. The monoisotopic (exact) mass is 416 g/mol. The molecule has 1 saturated carbocycles. The highest BCUT2D eigenvalue weighted by molar-refractivity contribution is 14.0. The molecule has 124 valence electrons. The normalized spacial score (nSPS) is 16.4. The van der Waals surface area contributed by atoms with Crippen LogP contribution in [0.1, 0.15) is 50.8 Å². The highest BCUT2D eigenvalue weighted by atomic mass is 127. The van der Waals surface area contributed by atoms with E-state index in [-0.39, 0.29) is 24.0 Å². The minimum atomic E-state index is 0. The average Bonchev–Trinajstić information content (AvgIpc) is 2.45. The van der Waals surface area contributed by atoms with Gasteiger partial charge in [-0.1, -0.05) is 19.4 Å². The van der Waals surface area contributed by atoms with Crippen molar-refractivity contribution in [2.24, 2.45) is 10.4 Å². The molecule has 0 radical (unpaired) electrons. The van der Waals surface area contributed by atoms with Gasteiger partial charge in [-0.05, 0) is 50.2 Å². The molecular weight excluding hydrogens is 387 g/mol. The molecule has 1 aliphatic rings. The third kappa shape index (κ3) is 5.11. The number of nitrogens with one attached hydrogen (secondary N) is 2. The van der Waals surface area contributed by atoms with Crippen molar-refractivity contribution in [1.82, 2.24) is 15.6 Å². The van der Waals surface area contributed by atoms with Crippen LogP contribution in [0, 0.1) is 12.3 Å². The summed E-state index contributed by atoms with van der Waals surface area (Å²) in [5.74, 6) is 0.905. The molecule has 0 amide bonds. The molecule has 1 aliphatic carbocycles. The molecule has 2 N–H and O–H groups in total. The van der Waals surface area contributed by atoms with Crippen molar-refractivity contribution in [3.63, 3.8) is 0 Å². The molecule has 1 aromatic rings. The summed E-state index contributed by atoms with van der Waals surface area (Å²) in [5.41, 5.74) is 2.74. The lowest BCUT2D eigenvalue weighted by molar-refractivity contribution is 0.131. The number of guanidine groups is 1. The summed E-state index contributed by atoms with van der Waals surface area (Å²) < 4.78 is 0. The maximum Gasteiger partial charge on any atom is 0.191 e. The molecule has 0 aromatic carbocycles. The summed E-state index contributed by atoms with van der Waals surface area (Å²) in [5, 5.41) is 6.84. The maximum atomic E-state index is 4.67. The molecule has 1 aromatic heterocycles. The molecule has 0 atom stereocenters. The molecule has 0 aliphatic heterocycles. The van der Waals surface area contributed by atoms with E-state index >= 15 is 0 Å². The zero-order valence-electron chi connectivity index (χ0n) is 14.0. The van der Waals surface area contributed by atoms with Crippen LogP contribution in [0.15, 0.2) is 23.3 Å². The number of halogens is 1. The summed E-state index contributed by atoms with van der Waals surface area (Å²) in [7, 11) is 0. The van der Waals surface area contributed by atoms with E-state index in [1.807, 2.05) is 12.3 Å². The van der Waals surface area contributed by atoms with Gasteiger partial charge in [-0.25, -0.2) is 4.99 Å². The van der Waals surface area contributed by atoms with Crippen LogP contribution in [-0.2, 0) is 6.54 Å². The Morgan fingerprint density at radius 2 is 2.09 bits per heavy atom. The van der Waals surface area contributed by atoms with Crippen molar-refractivity contribution in [1.29, 1.82) is 0 Å². The summed E-state index contributed by atoms with van der Waals surface area (Å²) in [6, 6.07) is 4.05. The largest absolute Gasteiger partial charge is 0.357 e. The van der Waals surface area contributed by atoms with Gasteiger partial charge < -0.3 is 10.6 Å². The van der Waals surface area contributed by atoms with E-state index in [9.17, 15) is 0 Å². The number of rotatable bonds is 6. The fourth-order valence-corrected chi connectivity index (χ4v) is 2.78. The van der Waals surface area contributed by atoms with E-state index in [0.29, 0.717) is 12.0 Å². The molecule has 5 heteroatoms. The lowest BCUT2D eigenvalue weighted by atomic mass is 9.67. The van der Waals surface area contributed by atoms with Crippen molar-refractivity contribution in [2.75, 3.05) is 13.1 Å². The fourth-order valence-electron chi connectivity index (χ4n) is 2.78. The van der Waals surface area contributed by atoms with E-state index in [2.05, 4.69) is 47.4 Å². The Morgan fingerprint density at radius 3 is 2.64 bits per heavy atom. The van der Waals surface area contributed by atoms with Gasteiger partial charge in [0.05, 0.1) is 12.2 Å². The van der Waals surface area contributed by atoms with Crippen LogP contribution in [0.3, 0.4) is 0 Å². The second kappa shape index (κ2) is 9.33. The number of hydrogen-bond donors (Lipinski definition) is 2. The molecule has 1 fully saturated rings. The van der Waals surface area contributed by atoms with Crippen molar-refractivity contribution >= 4 is 29.9 Å². The third-order valence-electron chi connectivity index (χ3n) is 4.64. The summed E-state index contributed by atoms with van der Waals surface area (Å²) in [6.07, 6.45) is 7.14. The Labute approximate surface area is 151 Å². The first kappa shape index (κ1) is 19.2. The SMILES string of the molecule is CCNC(=NCc1ncccc1C)NCC1(CC)CCC1.I. The Kier molecular flexibility index (Phi) is 8.14. The van der Waals surface area contributed by atoms with E-state index < -0.39 is 0 Å². The second-order valence-electron chi connectivity index (χ2n) is 6.02. The van der Waals surface area contributed by atoms with Gasteiger partial charge in [0.1, 0.15) is 0 Å². The van der Waals surface area contributed by atoms with Crippen LogP contribution >= 0.6 is 24.0 Å². The highest BCUT2D eigenvalue weighted by Gasteiger charge is 2.34. The quantitative estimate of drug-likeness (QED) is 0.423. The standard InChI is InChI=1S/C17H28N4.HI/c1-4-17(9-7-10-17)13-21-16(18-5-2)20-12-15-14(3)8-6-11-19-15;/h6,8,11H,4-5,7,9-10,12-13H2,1-3H3,(H2,18,20,21);1H. The Balaban J connectivity index is 0.00000242. The first-order valence-corrected chi connectivity index (χ1v) is 8.12. The molecule has 0 saturated heterocycles. The molecule has 0 bridgehead atoms. The van der Waals surface area contributed by atoms with Gasteiger partial charge in [0, 0.05) is 19.3 Å². The number of nitrogens with zero attached hydrogens (tertiary/aromatic N) is 2. The van der Waals surface area contributed by atoms with Crippen molar-refractivity contribution in [3.05, 3.63) is 29.6 Å². The van der Waals surface area contributed by atoms with Crippen LogP contribution in [0.4, 0.5) is 0 Å². The molecule has 0 unspecified atom stereocenters. The van der Waals surface area contributed by atoms with Gasteiger partial charge in [0.25, 0.3) is 0 Å². The number of pyridine rings is 1. The molecule has 4 nitrogen and oxygen atoms in total. The molecular formula is C17H29IN4. The predicted octanol–water partition coefficient (Wildman–Crippen LogP) is 3.64. The fraction of sp³-hybridized carbons (Fsp3) is 0.647. The summed E-state index contributed by atoms with van der Waals surface area (Å²) in [4.78, 5) is 9.07. The smallest absolute Gasteiger partial charge is 0.191 e. The van der Waals surface area contributed by atoms with Gasteiger partial charge in [0.2, 0.25) is 0 Å². The minimum absolute atomic E-state index is 0. The van der Waals surface area contributed by atoms with Gasteiger partial charge in [-0.15, -0.1) is 24.0 Å². The van der Waals surface area contributed by atoms with Crippen molar-refractivity contribution in [2.45, 2.75) is 53.0 Å². The van der Waals surface area contributed by atoms with Crippen molar-refractivity contribution < 1.29 is 0 Å². The maximum absolute atomic E-state index is 4.67. The van der Waals surface area contributed by atoms with Crippen molar-refractivity contribution in [3.8, 4) is 0 Å². The minimum Gasteiger partial charge on any atom is -0.357 e. The number of aliphatic imine (C=N–C) groups is 1. The lowest BCUT2D eigenvalue weighted by Crippen LogP contribution is -2.46. The first-order valence-electron chi connectivity index (χ1n) is 8.12. The molecule has 1 heterocycles. The van der Waals surface area contributed by atoms with E-state index in [4.69, 9.17) is 0 Å². The summed E-state index contributed by atoms with van der Waals surface area (Å²) in [6.45, 7) is 9.01. The Bertz CT molecular complexity index is 478. The molecule has 0 spiro atoms. The van der Waals surface area contributed by atoms with Crippen LogP contribution < -0.4 is 10.6 Å². The lowest BCUT2D eigenvalue weighted by Gasteiger charge is -2.41. The Hall–Kier alpha value is -0.850. The van der Waals surface area contributed by atoms with Crippen LogP contribution in [0.25, 0.3) is 0 Å². The van der Waals surface area contributed by atoms with Crippen LogP contribution in [0.5, 0.6) is 0 Å². The van der Waals surface area contributed by atoms with Crippen LogP contribution in [0.2, 0.25) is 0 Å². The first-order chi connectivity index (χ1) is 10.2. The number of aryl methyl sites for hydroxylation is 1. The van der Waals surface area contributed by atoms with Gasteiger partial charge in [-0.3, -0.25) is 4.98 Å². The Morgan fingerprint density at radius 1 is 1.32 bits per heavy atom.